The minimum absolute atomic E-state index is 0.00141. The Balaban J connectivity index is 1.40. The van der Waals surface area contributed by atoms with Crippen LogP contribution in [0.3, 0.4) is 0 Å². The van der Waals surface area contributed by atoms with Crippen molar-refractivity contribution in [2.75, 3.05) is 19.8 Å². The lowest BCUT2D eigenvalue weighted by molar-refractivity contribution is -0.168. The fourth-order valence-electron chi connectivity index (χ4n) is 4.16. The minimum Gasteiger partial charge on any atom is -0.484 e. The number of para-hydroxylation sites is 1. The van der Waals surface area contributed by atoms with Crippen LogP contribution in [0.4, 0.5) is 4.79 Å². The fraction of sp³-hybridized carbons (Fsp3) is 0.385. The Labute approximate surface area is 209 Å². The van der Waals surface area contributed by atoms with E-state index >= 15 is 0 Å². The van der Waals surface area contributed by atoms with Gasteiger partial charge in [-0.1, -0.05) is 61.9 Å². The quantitative estimate of drug-likeness (QED) is 0.305. The van der Waals surface area contributed by atoms with Gasteiger partial charge in [0.15, 0.2) is 6.61 Å². The van der Waals surface area contributed by atoms with Crippen molar-refractivity contribution in [2.45, 2.75) is 44.6 Å². The van der Waals surface area contributed by atoms with Crippen molar-refractivity contribution in [1.29, 1.82) is 0 Å². The molecule has 10 heteroatoms. The highest BCUT2D eigenvalue weighted by molar-refractivity contribution is 5.98. The molecule has 0 radical (unpaired) electrons. The Hall–Kier alpha value is -4.08. The van der Waals surface area contributed by atoms with Gasteiger partial charge in [0.2, 0.25) is 12.1 Å². The van der Waals surface area contributed by atoms with Gasteiger partial charge in [-0.05, 0) is 24.1 Å². The average molecular weight is 496 g/mol. The maximum absolute atomic E-state index is 13.0. The normalized spacial score (nSPS) is 20.2. The number of rotatable bonds is 10. The zero-order chi connectivity index (χ0) is 25.5. The number of benzene rings is 2. The van der Waals surface area contributed by atoms with Crippen molar-refractivity contribution >= 4 is 23.9 Å². The number of hydrogen-bond donors (Lipinski definition) is 1. The molecule has 0 aliphatic carbocycles. The predicted molar refractivity (Wildman–Crippen MR) is 127 cm³/mol. The van der Waals surface area contributed by atoms with Crippen molar-refractivity contribution in [3.8, 4) is 5.75 Å². The number of esters is 1. The van der Waals surface area contributed by atoms with Crippen molar-refractivity contribution in [3.63, 3.8) is 0 Å². The lowest BCUT2D eigenvalue weighted by Crippen LogP contribution is -2.71. The minimum atomic E-state index is -1.26. The van der Waals surface area contributed by atoms with Gasteiger partial charge in [0, 0.05) is 6.54 Å². The molecule has 190 valence electrons. The summed E-state index contributed by atoms with van der Waals surface area (Å²) in [4.78, 5) is 53.6. The maximum Gasteiger partial charge on any atom is 0.411 e. The van der Waals surface area contributed by atoms with Crippen molar-refractivity contribution in [2.24, 2.45) is 0 Å². The molecule has 2 aromatic rings. The molecule has 1 N–H and O–H groups in total. The first-order chi connectivity index (χ1) is 17.5. The van der Waals surface area contributed by atoms with Crippen LogP contribution in [-0.4, -0.2) is 71.7 Å². The van der Waals surface area contributed by atoms with E-state index in [1.54, 1.807) is 36.4 Å². The number of unbranched alkanes of at least 4 members (excludes halogenated alkanes) is 1. The van der Waals surface area contributed by atoms with E-state index in [4.69, 9.17) is 14.2 Å². The van der Waals surface area contributed by atoms with E-state index in [2.05, 4.69) is 5.32 Å². The van der Waals surface area contributed by atoms with E-state index in [-0.39, 0.29) is 26.4 Å². The number of hydrogen-bond acceptors (Lipinski definition) is 7. The highest BCUT2D eigenvalue weighted by Gasteiger charge is 2.61. The SMILES string of the molecule is CCCCOC(=O)N1CC2[C@@H](NC(=O)COc3ccccc3)C(=O)N2C1C(=O)OCc1ccccc1. The summed E-state index contributed by atoms with van der Waals surface area (Å²) in [6.45, 7) is 1.93. The van der Waals surface area contributed by atoms with Gasteiger partial charge in [0.25, 0.3) is 5.91 Å². The van der Waals surface area contributed by atoms with Crippen molar-refractivity contribution in [1.82, 2.24) is 15.1 Å². The number of ether oxygens (including phenoxy) is 3. The molecule has 2 fully saturated rings. The van der Waals surface area contributed by atoms with Gasteiger partial charge in [-0.25, -0.2) is 9.59 Å². The lowest BCUT2D eigenvalue weighted by Gasteiger charge is -2.43. The Morgan fingerprint density at radius 1 is 1.00 bits per heavy atom. The molecule has 4 rings (SSSR count). The highest BCUT2D eigenvalue weighted by Crippen LogP contribution is 2.34. The molecule has 0 spiro atoms. The number of fused-ring (bicyclic) bond motifs is 1. The van der Waals surface area contributed by atoms with Gasteiger partial charge in [-0.2, -0.15) is 0 Å². The van der Waals surface area contributed by atoms with Crippen LogP contribution in [-0.2, 0) is 30.5 Å². The molecule has 2 aliphatic rings. The van der Waals surface area contributed by atoms with E-state index in [1.165, 1.54) is 9.80 Å². The fourth-order valence-corrected chi connectivity index (χ4v) is 4.16. The Kier molecular flexibility index (Phi) is 8.04. The largest absolute Gasteiger partial charge is 0.484 e. The van der Waals surface area contributed by atoms with Crippen LogP contribution < -0.4 is 10.1 Å². The second-order valence-corrected chi connectivity index (χ2v) is 8.55. The number of β-lactam (4-membered cyclic amide) rings is 1. The zero-order valence-corrected chi connectivity index (χ0v) is 20.0. The zero-order valence-electron chi connectivity index (χ0n) is 20.0. The molecule has 0 aromatic heterocycles. The smallest absolute Gasteiger partial charge is 0.411 e. The number of nitrogens with one attached hydrogen (secondary N) is 1. The van der Waals surface area contributed by atoms with Crippen LogP contribution in [0, 0.1) is 0 Å². The molecule has 2 saturated heterocycles. The van der Waals surface area contributed by atoms with Gasteiger partial charge >= 0.3 is 12.1 Å². The predicted octanol–water partition coefficient (Wildman–Crippen LogP) is 2.08. The topological polar surface area (TPSA) is 114 Å². The second kappa shape index (κ2) is 11.6. The van der Waals surface area contributed by atoms with E-state index in [9.17, 15) is 19.2 Å². The molecule has 3 atom stereocenters. The van der Waals surface area contributed by atoms with Crippen molar-refractivity contribution < 1.29 is 33.4 Å². The average Bonchev–Trinajstić information content (AvgIpc) is 3.27. The van der Waals surface area contributed by atoms with Gasteiger partial charge in [0.1, 0.15) is 18.4 Å². The van der Waals surface area contributed by atoms with Crippen molar-refractivity contribution in [3.05, 3.63) is 66.2 Å². The third-order valence-electron chi connectivity index (χ3n) is 6.03. The standard InChI is InChI=1S/C26H29N3O7/c1-2-3-14-34-26(33)28-15-20-22(27-21(30)17-35-19-12-8-5-9-13-19)24(31)29(20)23(28)25(32)36-16-18-10-6-4-7-11-18/h4-13,20,22-23H,2-3,14-17H2,1H3,(H,27,30)/t20?,22-,23?/m1/s1. The summed E-state index contributed by atoms with van der Waals surface area (Å²) in [7, 11) is 0. The van der Waals surface area contributed by atoms with Crippen LogP contribution in [0.25, 0.3) is 0 Å². The molecule has 2 aliphatic heterocycles. The second-order valence-electron chi connectivity index (χ2n) is 8.55. The first-order valence-corrected chi connectivity index (χ1v) is 11.9. The Morgan fingerprint density at radius 2 is 1.69 bits per heavy atom. The first-order valence-electron chi connectivity index (χ1n) is 11.9. The molecule has 2 heterocycles. The molecule has 36 heavy (non-hydrogen) atoms. The number of nitrogens with zero attached hydrogens (tertiary/aromatic N) is 2. The van der Waals surface area contributed by atoms with Crippen LogP contribution in [0.15, 0.2) is 60.7 Å². The van der Waals surface area contributed by atoms with Crippen LogP contribution in [0.5, 0.6) is 5.75 Å². The number of carbonyl (C=O) groups excluding carboxylic acids is 4. The summed E-state index contributed by atoms with van der Waals surface area (Å²) in [5.74, 6) is -1.17. The van der Waals surface area contributed by atoms with Crippen LogP contribution >= 0.6 is 0 Å². The molecule has 2 aromatic carbocycles. The molecule has 3 amide bonds. The Bertz CT molecular complexity index is 1080. The summed E-state index contributed by atoms with van der Waals surface area (Å²) in [6.07, 6.45) is -0.448. The summed E-state index contributed by atoms with van der Waals surface area (Å²) >= 11 is 0. The molecule has 0 bridgehead atoms. The summed E-state index contributed by atoms with van der Waals surface area (Å²) < 4.78 is 16.2. The van der Waals surface area contributed by atoms with E-state index in [1.807, 2.05) is 31.2 Å². The molecular formula is C26H29N3O7. The first kappa shape index (κ1) is 25.0. The van der Waals surface area contributed by atoms with E-state index < -0.39 is 42.1 Å². The maximum atomic E-state index is 13.0. The third kappa shape index (κ3) is 5.59. The third-order valence-corrected chi connectivity index (χ3v) is 6.03. The molecule has 0 saturated carbocycles. The number of carbonyl (C=O) groups is 4. The van der Waals surface area contributed by atoms with E-state index in [0.29, 0.717) is 12.2 Å². The monoisotopic (exact) mass is 495 g/mol. The lowest BCUT2D eigenvalue weighted by atomic mass is 9.96. The van der Waals surface area contributed by atoms with Gasteiger partial charge < -0.3 is 24.4 Å². The molecule has 10 nitrogen and oxygen atoms in total. The van der Waals surface area contributed by atoms with Crippen LogP contribution in [0.2, 0.25) is 0 Å². The number of amides is 3. The highest BCUT2D eigenvalue weighted by atomic mass is 16.6. The summed E-state index contributed by atoms with van der Waals surface area (Å²) in [5, 5.41) is 2.65. The van der Waals surface area contributed by atoms with E-state index in [0.717, 1.165) is 12.0 Å². The van der Waals surface area contributed by atoms with Crippen LogP contribution in [0.1, 0.15) is 25.3 Å². The van der Waals surface area contributed by atoms with Gasteiger partial charge in [-0.3, -0.25) is 14.5 Å². The molecular weight excluding hydrogens is 466 g/mol. The Morgan fingerprint density at radius 3 is 2.39 bits per heavy atom. The molecule has 2 unspecified atom stereocenters. The van der Waals surface area contributed by atoms with Gasteiger partial charge in [-0.15, -0.1) is 0 Å². The summed E-state index contributed by atoms with van der Waals surface area (Å²) in [6, 6.07) is 16.5. The van der Waals surface area contributed by atoms with Gasteiger partial charge in [0.05, 0.1) is 12.6 Å². The summed E-state index contributed by atoms with van der Waals surface area (Å²) in [5.41, 5.74) is 0.774.